The minimum absolute atomic E-state index is 0.104. The quantitative estimate of drug-likeness (QED) is 0.240. The monoisotopic (exact) mass is 413 g/mol. The predicted molar refractivity (Wildman–Crippen MR) is 118 cm³/mol. The Kier molecular flexibility index (Phi) is 6.42. The van der Waals surface area contributed by atoms with Crippen LogP contribution < -0.4 is 0 Å². The second-order valence-electron chi connectivity index (χ2n) is 9.47. The molecule has 0 aromatic carbocycles. The average Bonchev–Trinajstić information content (AvgIpc) is 2.91. The number of amides is 1. The summed E-state index contributed by atoms with van der Waals surface area (Å²) in [5.41, 5.74) is 0.259. The van der Waals surface area contributed by atoms with Crippen molar-refractivity contribution in [1.82, 2.24) is 4.90 Å². The number of rotatable bonds is 4. The van der Waals surface area contributed by atoms with Gasteiger partial charge in [-0.1, -0.05) is 56.2 Å². The molecule has 0 aromatic rings. The molecule has 1 saturated heterocycles. The minimum Gasteiger partial charge on any atom is -0.511 e. The van der Waals surface area contributed by atoms with E-state index in [1.165, 1.54) is 11.9 Å². The summed E-state index contributed by atoms with van der Waals surface area (Å²) in [7, 11) is 1.50. The molecule has 1 amide bonds. The molecule has 2 aliphatic carbocycles. The highest BCUT2D eigenvalue weighted by molar-refractivity contribution is 6.26. The first-order valence-electron chi connectivity index (χ1n) is 11.0. The van der Waals surface area contributed by atoms with E-state index >= 15 is 0 Å². The van der Waals surface area contributed by atoms with Gasteiger partial charge in [0.05, 0.1) is 6.61 Å². The van der Waals surface area contributed by atoms with E-state index in [2.05, 4.69) is 26.0 Å². The van der Waals surface area contributed by atoms with Crippen LogP contribution in [0.1, 0.15) is 47.0 Å². The molecular formula is C25H35NO4. The lowest BCUT2D eigenvalue weighted by atomic mass is 9.52. The molecule has 0 aromatic heterocycles. The zero-order valence-electron chi connectivity index (χ0n) is 18.8. The molecule has 0 bridgehead atoms. The van der Waals surface area contributed by atoms with Crippen molar-refractivity contribution in [2.45, 2.75) is 53.0 Å². The van der Waals surface area contributed by atoms with Crippen molar-refractivity contribution in [3.05, 3.63) is 47.3 Å². The second-order valence-corrected chi connectivity index (χ2v) is 9.47. The molecule has 3 rings (SSSR count). The van der Waals surface area contributed by atoms with Crippen molar-refractivity contribution in [2.24, 2.45) is 29.1 Å². The van der Waals surface area contributed by atoms with Crippen LogP contribution in [0.2, 0.25) is 0 Å². The summed E-state index contributed by atoms with van der Waals surface area (Å²) >= 11 is 0. The van der Waals surface area contributed by atoms with E-state index < -0.39 is 29.8 Å². The van der Waals surface area contributed by atoms with E-state index in [0.29, 0.717) is 11.8 Å². The van der Waals surface area contributed by atoms with Crippen LogP contribution in [0.3, 0.4) is 0 Å². The highest BCUT2D eigenvalue weighted by atomic mass is 16.3. The molecule has 164 valence electrons. The molecule has 5 nitrogen and oxygen atoms in total. The van der Waals surface area contributed by atoms with Crippen molar-refractivity contribution in [3.8, 4) is 0 Å². The Labute approximate surface area is 179 Å². The number of likely N-dealkylation sites (N-methyl/N-ethyl adjacent to an activating group) is 1. The number of likely N-dealkylation sites (tertiary alicyclic amines) is 1. The Morgan fingerprint density at radius 3 is 2.60 bits per heavy atom. The van der Waals surface area contributed by atoms with Gasteiger partial charge in [-0.3, -0.25) is 9.59 Å². The summed E-state index contributed by atoms with van der Waals surface area (Å²) < 4.78 is 0. The summed E-state index contributed by atoms with van der Waals surface area (Å²) in [5, 5.41) is 21.2. The Balaban J connectivity index is 2.19. The number of allylic oxidation sites excluding steroid dienone is 7. The van der Waals surface area contributed by atoms with Gasteiger partial charge in [0.1, 0.15) is 17.4 Å². The third-order valence-electron chi connectivity index (χ3n) is 7.62. The molecule has 3 aliphatic rings. The molecule has 0 spiro atoms. The minimum atomic E-state index is -0.919. The predicted octanol–water partition coefficient (Wildman–Crippen LogP) is 3.97. The van der Waals surface area contributed by atoms with Gasteiger partial charge in [-0.15, -0.1) is 0 Å². The lowest BCUT2D eigenvalue weighted by Crippen LogP contribution is -2.46. The largest absolute Gasteiger partial charge is 0.511 e. The SMILES string of the molecule is C/C=C/C=C/[C@H]1C(C)=CC2C[C@@H](C)CC[C@@H]2[C@@]1(C)C(O)=C1C(=O)[C@@H](CO)N(C)C1=O. The number of fused-ring (bicyclic) bond motifs is 1. The van der Waals surface area contributed by atoms with Crippen LogP contribution in [-0.2, 0) is 9.59 Å². The van der Waals surface area contributed by atoms with Gasteiger partial charge in [-0.25, -0.2) is 0 Å². The van der Waals surface area contributed by atoms with Crippen LogP contribution in [0.5, 0.6) is 0 Å². The van der Waals surface area contributed by atoms with Crippen molar-refractivity contribution in [2.75, 3.05) is 13.7 Å². The molecule has 1 unspecified atom stereocenters. The van der Waals surface area contributed by atoms with Gasteiger partial charge in [0.2, 0.25) is 0 Å². The normalized spacial score (nSPS) is 39.1. The highest BCUT2D eigenvalue weighted by Gasteiger charge is 2.55. The number of hydrogen-bond donors (Lipinski definition) is 2. The fraction of sp³-hybridized carbons (Fsp3) is 0.600. The van der Waals surface area contributed by atoms with Gasteiger partial charge in [-0.2, -0.15) is 0 Å². The standard InChI is InChI=1S/C25H35NO4/c1-6-7-8-9-18-16(3)13-17-12-15(2)10-11-19(17)25(18,4)23(29)21-22(28)20(14-27)26(5)24(21)30/h6-9,13,15,17-20,27,29H,10-12,14H2,1-5H3/b7-6+,9-8+,23-21?/t15-,17?,18-,19-,20+,25-/m0/s1. The van der Waals surface area contributed by atoms with Crippen molar-refractivity contribution < 1.29 is 19.8 Å². The fourth-order valence-corrected chi connectivity index (χ4v) is 5.92. The van der Waals surface area contributed by atoms with Gasteiger partial charge in [0, 0.05) is 18.4 Å². The van der Waals surface area contributed by atoms with E-state index in [1.54, 1.807) is 0 Å². The highest BCUT2D eigenvalue weighted by Crippen LogP contribution is 2.58. The van der Waals surface area contributed by atoms with Crippen LogP contribution in [0.15, 0.2) is 47.3 Å². The van der Waals surface area contributed by atoms with Crippen LogP contribution in [0.25, 0.3) is 0 Å². The topological polar surface area (TPSA) is 77.8 Å². The third kappa shape index (κ3) is 3.47. The first-order chi connectivity index (χ1) is 14.2. The Hall–Kier alpha value is -2.14. The number of carbonyl (C=O) groups is 2. The Bertz CT molecular complexity index is 836. The maximum atomic E-state index is 13.0. The smallest absolute Gasteiger partial charge is 0.261 e. The maximum absolute atomic E-state index is 13.0. The first kappa shape index (κ1) is 22.5. The fourth-order valence-electron chi connectivity index (χ4n) is 5.92. The van der Waals surface area contributed by atoms with E-state index in [9.17, 15) is 19.8 Å². The van der Waals surface area contributed by atoms with Crippen molar-refractivity contribution in [3.63, 3.8) is 0 Å². The van der Waals surface area contributed by atoms with Gasteiger partial charge >= 0.3 is 0 Å². The average molecular weight is 414 g/mol. The van der Waals surface area contributed by atoms with Gasteiger partial charge in [-0.05, 0) is 44.4 Å². The molecule has 5 heteroatoms. The number of aliphatic hydroxyl groups excluding tert-OH is 2. The zero-order chi connectivity index (χ0) is 22.2. The Morgan fingerprint density at radius 2 is 2.00 bits per heavy atom. The van der Waals surface area contributed by atoms with E-state index in [1.807, 2.05) is 32.1 Å². The summed E-state index contributed by atoms with van der Waals surface area (Å²) in [6, 6.07) is -0.919. The van der Waals surface area contributed by atoms with E-state index in [4.69, 9.17) is 0 Å². The molecule has 1 aliphatic heterocycles. The zero-order valence-corrected chi connectivity index (χ0v) is 18.8. The number of ketones is 1. The molecule has 6 atom stereocenters. The number of nitrogens with zero attached hydrogens (tertiary/aromatic N) is 1. The maximum Gasteiger partial charge on any atom is 0.261 e. The van der Waals surface area contributed by atoms with Crippen LogP contribution in [0, 0.1) is 29.1 Å². The third-order valence-corrected chi connectivity index (χ3v) is 7.62. The van der Waals surface area contributed by atoms with Crippen LogP contribution >= 0.6 is 0 Å². The van der Waals surface area contributed by atoms with Crippen molar-refractivity contribution >= 4 is 11.7 Å². The second kappa shape index (κ2) is 8.54. The summed E-state index contributed by atoms with van der Waals surface area (Å²) in [6.07, 6.45) is 13.4. The lowest BCUT2D eigenvalue weighted by Gasteiger charge is -2.52. The molecule has 2 N–H and O–H groups in total. The molecule has 0 radical (unpaired) electrons. The lowest BCUT2D eigenvalue weighted by molar-refractivity contribution is -0.126. The molecule has 1 heterocycles. The number of aliphatic hydroxyl groups is 2. The number of hydrogen-bond acceptors (Lipinski definition) is 4. The van der Waals surface area contributed by atoms with Gasteiger partial charge in [0.25, 0.3) is 5.91 Å². The summed E-state index contributed by atoms with van der Waals surface area (Å²) in [6.45, 7) is 7.86. The van der Waals surface area contributed by atoms with Gasteiger partial charge in [0.15, 0.2) is 5.78 Å². The van der Waals surface area contributed by atoms with Crippen molar-refractivity contribution in [1.29, 1.82) is 0 Å². The van der Waals surface area contributed by atoms with E-state index in [-0.39, 0.29) is 23.2 Å². The Morgan fingerprint density at radius 1 is 1.30 bits per heavy atom. The van der Waals surface area contributed by atoms with E-state index in [0.717, 1.165) is 24.8 Å². The summed E-state index contributed by atoms with van der Waals surface area (Å²) in [4.78, 5) is 27.1. The molecule has 1 saturated carbocycles. The molecule has 30 heavy (non-hydrogen) atoms. The summed E-state index contributed by atoms with van der Waals surface area (Å²) in [5.74, 6) is -0.128. The first-order valence-corrected chi connectivity index (χ1v) is 11.0. The number of Topliss-reactive ketones (excluding diaryl/α,β-unsaturated/α-hetero) is 1. The van der Waals surface area contributed by atoms with Gasteiger partial charge < -0.3 is 15.1 Å². The molecular weight excluding hydrogens is 378 g/mol. The van der Waals surface area contributed by atoms with Crippen LogP contribution in [0.4, 0.5) is 0 Å². The number of carbonyl (C=O) groups excluding carboxylic acids is 2. The van der Waals surface area contributed by atoms with Crippen LogP contribution in [-0.4, -0.2) is 46.5 Å². The molecule has 2 fully saturated rings.